The molecule has 3 heteroatoms. The zero-order chi connectivity index (χ0) is 5.82. The van der Waals surface area contributed by atoms with Crippen LogP contribution in [0.15, 0.2) is 24.5 Å². The first-order valence-electron chi connectivity index (χ1n) is 2.31. The van der Waals surface area contributed by atoms with Crippen LogP contribution >= 0.6 is 0 Å². The third-order valence-electron chi connectivity index (χ3n) is 0.855. The van der Waals surface area contributed by atoms with E-state index in [1.165, 1.54) is 0 Å². The van der Waals surface area contributed by atoms with Gasteiger partial charge in [-0.2, -0.15) is 5.56 Å². The van der Waals surface area contributed by atoms with E-state index in [1.807, 2.05) is 0 Å². The molecule has 1 heterocycles. The summed E-state index contributed by atoms with van der Waals surface area (Å²) in [6, 6.07) is 3.44. The Labute approximate surface area is 76.2 Å². The van der Waals surface area contributed by atoms with Gasteiger partial charge in [0, 0.05) is 0 Å². The second-order valence-electron chi connectivity index (χ2n) is 1.41. The van der Waals surface area contributed by atoms with Crippen molar-refractivity contribution in [1.82, 2.24) is 4.98 Å². The van der Waals surface area contributed by atoms with Gasteiger partial charge in [0.15, 0.2) is 0 Å². The molecular weight excluding hydrogens is 125 g/mol. The van der Waals surface area contributed by atoms with E-state index in [1.54, 1.807) is 24.5 Å². The average Bonchev–Trinajstić information content (AvgIpc) is 1.90. The Balaban J connectivity index is 0.000000640. The molecular formula is C6H6NNaO. The molecule has 0 atom stereocenters. The Bertz CT molecular complexity index is 154. The van der Waals surface area contributed by atoms with Gasteiger partial charge in [0.25, 0.3) is 0 Å². The second kappa shape index (κ2) is 4.82. The molecule has 0 spiro atoms. The fourth-order valence-corrected chi connectivity index (χ4v) is 0.450. The molecule has 0 aliphatic heterocycles. The molecule has 0 aliphatic carbocycles. The summed E-state index contributed by atoms with van der Waals surface area (Å²) in [6.45, 7) is 1.04. The molecule has 1 N–H and O–H groups in total. The van der Waals surface area contributed by atoms with Crippen molar-refractivity contribution in [2.45, 2.75) is 0 Å². The minimum Gasteiger partial charge on any atom is -0.429 e. The van der Waals surface area contributed by atoms with Crippen LogP contribution in [-0.4, -0.2) is 10.1 Å². The number of nitrogens with zero attached hydrogens (tertiary/aromatic N) is 1. The molecule has 0 amide bonds. The maximum absolute atomic E-state index is 8.38. The van der Waals surface area contributed by atoms with Gasteiger partial charge in [-0.05, 0) is 12.4 Å². The van der Waals surface area contributed by atoms with E-state index in [-0.39, 0.29) is 29.6 Å². The first-order valence-corrected chi connectivity index (χ1v) is 2.31. The van der Waals surface area contributed by atoms with Crippen molar-refractivity contribution in [3.63, 3.8) is 0 Å². The normalized spacial score (nSPS) is 7.67. The van der Waals surface area contributed by atoms with Gasteiger partial charge in [-0.25, -0.2) is 0 Å². The average molecular weight is 131 g/mol. The van der Waals surface area contributed by atoms with Crippen molar-refractivity contribution in [3.05, 3.63) is 36.7 Å². The molecule has 1 rings (SSSR count). The van der Waals surface area contributed by atoms with Crippen LogP contribution in [0.3, 0.4) is 0 Å². The van der Waals surface area contributed by atoms with Gasteiger partial charge in [0.2, 0.25) is 0 Å². The van der Waals surface area contributed by atoms with Crippen LogP contribution in [-0.2, 0) is 0 Å². The quantitative estimate of drug-likeness (QED) is 0.352. The Hall–Kier alpha value is -0.0200. The van der Waals surface area contributed by atoms with Crippen LogP contribution in [0, 0.1) is 6.61 Å². The van der Waals surface area contributed by atoms with Gasteiger partial charge in [-0.3, -0.25) is 4.98 Å². The van der Waals surface area contributed by atoms with Crippen LogP contribution in [0.2, 0.25) is 0 Å². The summed E-state index contributed by atoms with van der Waals surface area (Å²) >= 11 is 0. The minimum atomic E-state index is 0. The number of hydrogen-bond acceptors (Lipinski definition) is 2. The number of aliphatic hydroxyl groups is 1. The standard InChI is InChI=1S/C6H6NO.Na/c8-5-6-1-3-7-4-2-6;/h1-5,8H;/q-1;+1. The zero-order valence-electron chi connectivity index (χ0n) is 5.28. The molecule has 0 fully saturated rings. The number of pyridine rings is 1. The molecule has 0 aromatic carbocycles. The van der Waals surface area contributed by atoms with Crippen LogP contribution in [0.25, 0.3) is 0 Å². The van der Waals surface area contributed by atoms with Crippen LogP contribution < -0.4 is 29.6 Å². The van der Waals surface area contributed by atoms with E-state index in [2.05, 4.69) is 4.98 Å². The van der Waals surface area contributed by atoms with Crippen molar-refractivity contribution in [1.29, 1.82) is 0 Å². The molecule has 0 saturated carbocycles. The van der Waals surface area contributed by atoms with Gasteiger partial charge in [-0.1, -0.05) is 6.61 Å². The summed E-state index contributed by atoms with van der Waals surface area (Å²) in [5, 5.41) is 8.38. The Kier molecular flexibility index (Phi) is 4.81. The molecule has 0 aliphatic rings. The van der Waals surface area contributed by atoms with Gasteiger partial charge in [0.1, 0.15) is 0 Å². The topological polar surface area (TPSA) is 33.1 Å². The SMILES string of the molecule is O[CH-]c1ccncc1.[Na+]. The molecule has 1 aromatic rings. The summed E-state index contributed by atoms with van der Waals surface area (Å²) < 4.78 is 0. The van der Waals surface area contributed by atoms with Crippen molar-refractivity contribution in [2.75, 3.05) is 0 Å². The van der Waals surface area contributed by atoms with E-state index in [0.29, 0.717) is 0 Å². The minimum absolute atomic E-state index is 0. The summed E-state index contributed by atoms with van der Waals surface area (Å²) in [4.78, 5) is 3.76. The number of rotatable bonds is 1. The van der Waals surface area contributed by atoms with E-state index < -0.39 is 0 Å². The molecule has 0 saturated heterocycles. The number of hydrogen-bond donors (Lipinski definition) is 1. The van der Waals surface area contributed by atoms with E-state index in [4.69, 9.17) is 5.11 Å². The monoisotopic (exact) mass is 131 g/mol. The maximum atomic E-state index is 8.38. The van der Waals surface area contributed by atoms with Crippen molar-refractivity contribution >= 4 is 0 Å². The van der Waals surface area contributed by atoms with E-state index in [0.717, 1.165) is 12.2 Å². The summed E-state index contributed by atoms with van der Waals surface area (Å²) in [7, 11) is 0. The van der Waals surface area contributed by atoms with Crippen molar-refractivity contribution in [2.24, 2.45) is 0 Å². The third-order valence-corrected chi connectivity index (χ3v) is 0.855. The fourth-order valence-electron chi connectivity index (χ4n) is 0.450. The number of aliphatic hydroxyl groups excluding tert-OH is 1. The summed E-state index contributed by atoms with van der Waals surface area (Å²) in [6.07, 6.45) is 3.25. The third kappa shape index (κ3) is 2.87. The van der Waals surface area contributed by atoms with Gasteiger partial charge in [0.05, 0.1) is 0 Å². The molecule has 42 valence electrons. The predicted octanol–water partition coefficient (Wildman–Crippen LogP) is -2.03. The Morgan fingerprint density at radius 2 is 1.89 bits per heavy atom. The summed E-state index contributed by atoms with van der Waals surface area (Å²) in [5.41, 5.74) is 0.778. The van der Waals surface area contributed by atoms with Crippen LogP contribution in [0.5, 0.6) is 0 Å². The van der Waals surface area contributed by atoms with Gasteiger partial charge >= 0.3 is 29.6 Å². The second-order valence-corrected chi connectivity index (χ2v) is 1.41. The van der Waals surface area contributed by atoms with Gasteiger partial charge < -0.3 is 5.11 Å². The van der Waals surface area contributed by atoms with Crippen LogP contribution in [0.4, 0.5) is 0 Å². The molecule has 2 nitrogen and oxygen atoms in total. The molecule has 0 unspecified atom stereocenters. The Morgan fingerprint density at radius 1 is 1.33 bits per heavy atom. The van der Waals surface area contributed by atoms with Crippen molar-refractivity contribution < 1.29 is 34.7 Å². The molecule has 1 aromatic heterocycles. The Morgan fingerprint density at radius 3 is 2.22 bits per heavy atom. The molecule has 0 radical (unpaired) electrons. The summed E-state index contributed by atoms with van der Waals surface area (Å²) in [5.74, 6) is 0. The van der Waals surface area contributed by atoms with Crippen LogP contribution in [0.1, 0.15) is 5.56 Å². The molecule has 9 heavy (non-hydrogen) atoms. The van der Waals surface area contributed by atoms with E-state index in [9.17, 15) is 0 Å². The van der Waals surface area contributed by atoms with Gasteiger partial charge in [-0.15, -0.1) is 12.1 Å². The molecule has 0 bridgehead atoms. The zero-order valence-corrected chi connectivity index (χ0v) is 7.28. The van der Waals surface area contributed by atoms with E-state index >= 15 is 0 Å². The fraction of sp³-hybridized carbons (Fsp3) is 0. The smallest absolute Gasteiger partial charge is 0.429 e. The number of aromatic nitrogens is 1. The largest absolute Gasteiger partial charge is 1.00 e. The maximum Gasteiger partial charge on any atom is 1.00 e. The van der Waals surface area contributed by atoms with Crippen molar-refractivity contribution in [3.8, 4) is 0 Å². The predicted molar refractivity (Wildman–Crippen MR) is 29.6 cm³/mol. The first-order chi connectivity index (χ1) is 3.93. The first kappa shape index (κ1) is 8.98.